The normalized spacial score (nSPS) is 11.0. The molecule has 0 radical (unpaired) electrons. The molecular formula is C30H26O4. The Balaban J connectivity index is 1.40. The van der Waals surface area contributed by atoms with Crippen LogP contribution in [-0.2, 0) is 0 Å². The zero-order chi connectivity index (χ0) is 24.1. The van der Waals surface area contributed by atoms with E-state index in [1.807, 2.05) is 51.1 Å². The van der Waals surface area contributed by atoms with Crippen LogP contribution >= 0.6 is 0 Å². The number of carbonyl (C=O) groups excluding carboxylic acids is 2. The highest BCUT2D eigenvalue weighted by atomic mass is 16.5. The molecule has 0 bridgehead atoms. The predicted molar refractivity (Wildman–Crippen MR) is 133 cm³/mol. The highest BCUT2D eigenvalue weighted by Crippen LogP contribution is 2.24. The van der Waals surface area contributed by atoms with Crippen molar-refractivity contribution in [3.63, 3.8) is 0 Å². The Hall–Kier alpha value is -4.18. The van der Waals surface area contributed by atoms with E-state index in [-0.39, 0.29) is 17.2 Å². The Kier molecular flexibility index (Phi) is 6.60. The van der Waals surface area contributed by atoms with E-state index in [1.165, 1.54) is 0 Å². The molecular weight excluding hydrogens is 424 g/mol. The molecule has 0 saturated heterocycles. The van der Waals surface area contributed by atoms with Crippen molar-refractivity contribution in [1.29, 1.82) is 0 Å². The smallest absolute Gasteiger partial charge is 0.193 e. The molecule has 0 fully saturated rings. The summed E-state index contributed by atoms with van der Waals surface area (Å²) in [4.78, 5) is 25.4. The molecule has 0 N–H and O–H groups in total. The molecule has 0 unspecified atom stereocenters. The maximum atomic E-state index is 12.8. The molecule has 0 heterocycles. The summed E-state index contributed by atoms with van der Waals surface area (Å²) in [5.41, 5.74) is 2.11. The molecule has 34 heavy (non-hydrogen) atoms. The standard InChI is InChI=1S/C30H26O4/c1-30(2,3)34-27-19-13-24(14-20-27)29(32)23-11-17-26(18-12-23)33-25-15-9-22(10-16-25)28(31)21-7-5-4-6-8-21/h4-20H,1-3H3. The second kappa shape index (κ2) is 9.75. The lowest BCUT2D eigenvalue weighted by Crippen LogP contribution is -2.22. The van der Waals surface area contributed by atoms with Gasteiger partial charge in [0.2, 0.25) is 0 Å². The fourth-order valence-electron chi connectivity index (χ4n) is 3.44. The molecule has 0 spiro atoms. The first-order valence-electron chi connectivity index (χ1n) is 11.1. The van der Waals surface area contributed by atoms with Gasteiger partial charge >= 0.3 is 0 Å². The van der Waals surface area contributed by atoms with Crippen molar-refractivity contribution in [3.8, 4) is 17.2 Å². The second-order valence-electron chi connectivity index (χ2n) is 8.91. The highest BCUT2D eigenvalue weighted by Gasteiger charge is 2.14. The van der Waals surface area contributed by atoms with Crippen molar-refractivity contribution in [3.05, 3.63) is 125 Å². The molecule has 4 aromatic rings. The molecule has 170 valence electrons. The zero-order valence-electron chi connectivity index (χ0n) is 19.4. The summed E-state index contributed by atoms with van der Waals surface area (Å²) in [6.45, 7) is 5.94. The van der Waals surface area contributed by atoms with Crippen LogP contribution in [0.15, 0.2) is 103 Å². The molecule has 4 heteroatoms. The number of carbonyl (C=O) groups is 2. The minimum atomic E-state index is -0.293. The van der Waals surface area contributed by atoms with Crippen LogP contribution in [0.3, 0.4) is 0 Å². The molecule has 0 amide bonds. The van der Waals surface area contributed by atoms with E-state index in [0.29, 0.717) is 33.8 Å². The van der Waals surface area contributed by atoms with Gasteiger partial charge in [-0.15, -0.1) is 0 Å². The van der Waals surface area contributed by atoms with Crippen LogP contribution in [0.4, 0.5) is 0 Å². The second-order valence-corrected chi connectivity index (χ2v) is 8.91. The lowest BCUT2D eigenvalue weighted by atomic mass is 10.0. The van der Waals surface area contributed by atoms with Gasteiger partial charge in [0.1, 0.15) is 22.8 Å². The number of rotatable bonds is 7. The predicted octanol–water partition coefficient (Wildman–Crippen LogP) is 7.12. The number of hydrogen-bond donors (Lipinski definition) is 0. The summed E-state index contributed by atoms with van der Waals surface area (Å²) in [7, 11) is 0. The van der Waals surface area contributed by atoms with Crippen LogP contribution in [0.2, 0.25) is 0 Å². The average Bonchev–Trinajstić information content (AvgIpc) is 2.84. The third-order valence-corrected chi connectivity index (χ3v) is 5.05. The number of benzene rings is 4. The van der Waals surface area contributed by atoms with Crippen LogP contribution in [0.1, 0.15) is 52.6 Å². The van der Waals surface area contributed by atoms with Gasteiger partial charge in [0.25, 0.3) is 0 Å². The fraction of sp³-hybridized carbons (Fsp3) is 0.133. The molecule has 0 saturated carbocycles. The minimum absolute atomic E-state index is 0.0342. The van der Waals surface area contributed by atoms with Gasteiger partial charge in [-0.1, -0.05) is 30.3 Å². The Labute approximate surface area is 199 Å². The SMILES string of the molecule is CC(C)(C)Oc1ccc(C(=O)c2ccc(Oc3ccc(C(=O)c4ccccc4)cc3)cc2)cc1. The van der Waals surface area contributed by atoms with Gasteiger partial charge in [-0.05, 0) is 93.6 Å². The molecule has 4 aromatic carbocycles. The van der Waals surface area contributed by atoms with Crippen molar-refractivity contribution in [1.82, 2.24) is 0 Å². The molecule has 4 rings (SSSR count). The lowest BCUT2D eigenvalue weighted by Gasteiger charge is -2.21. The Morgan fingerprint density at radius 1 is 0.500 bits per heavy atom. The third-order valence-electron chi connectivity index (χ3n) is 5.05. The Bertz CT molecular complexity index is 1270. The van der Waals surface area contributed by atoms with Crippen LogP contribution in [0.25, 0.3) is 0 Å². The van der Waals surface area contributed by atoms with Crippen molar-refractivity contribution < 1.29 is 19.1 Å². The Morgan fingerprint density at radius 3 is 1.24 bits per heavy atom. The first-order chi connectivity index (χ1) is 16.3. The first kappa shape index (κ1) is 23.0. The van der Waals surface area contributed by atoms with E-state index in [9.17, 15) is 9.59 Å². The van der Waals surface area contributed by atoms with Gasteiger partial charge in [-0.3, -0.25) is 9.59 Å². The van der Waals surface area contributed by atoms with E-state index >= 15 is 0 Å². The first-order valence-corrected chi connectivity index (χ1v) is 11.1. The molecule has 4 nitrogen and oxygen atoms in total. The molecule has 0 aliphatic rings. The highest BCUT2D eigenvalue weighted by molar-refractivity contribution is 6.09. The summed E-state index contributed by atoms with van der Waals surface area (Å²) in [6, 6.07) is 30.3. The number of ketones is 2. The molecule has 0 aliphatic carbocycles. The monoisotopic (exact) mass is 450 g/mol. The van der Waals surface area contributed by atoms with Crippen LogP contribution in [-0.4, -0.2) is 17.2 Å². The quantitative estimate of drug-likeness (QED) is 0.281. The minimum Gasteiger partial charge on any atom is -0.488 e. The lowest BCUT2D eigenvalue weighted by molar-refractivity contribution is 0.103. The molecule has 0 aliphatic heterocycles. The average molecular weight is 451 g/mol. The number of ether oxygens (including phenoxy) is 2. The maximum Gasteiger partial charge on any atom is 0.193 e. The van der Waals surface area contributed by atoms with Gasteiger partial charge in [0.05, 0.1) is 0 Å². The summed E-state index contributed by atoms with van der Waals surface area (Å²) >= 11 is 0. The van der Waals surface area contributed by atoms with Gasteiger partial charge in [-0.2, -0.15) is 0 Å². The van der Waals surface area contributed by atoms with Crippen LogP contribution < -0.4 is 9.47 Å². The van der Waals surface area contributed by atoms with Gasteiger partial charge in [0, 0.05) is 22.3 Å². The summed E-state index contributed by atoms with van der Waals surface area (Å²) in [5, 5.41) is 0. The van der Waals surface area contributed by atoms with Crippen molar-refractivity contribution in [2.75, 3.05) is 0 Å². The maximum absolute atomic E-state index is 12.8. The largest absolute Gasteiger partial charge is 0.488 e. The van der Waals surface area contributed by atoms with Gasteiger partial charge in [0.15, 0.2) is 11.6 Å². The van der Waals surface area contributed by atoms with Gasteiger partial charge < -0.3 is 9.47 Å². The summed E-state index contributed by atoms with van der Waals surface area (Å²) in [6.07, 6.45) is 0. The van der Waals surface area contributed by atoms with E-state index in [4.69, 9.17) is 9.47 Å². The molecule has 0 atom stereocenters. The Morgan fingerprint density at radius 2 is 0.853 bits per heavy atom. The van der Waals surface area contributed by atoms with E-state index < -0.39 is 0 Å². The summed E-state index contributed by atoms with van der Waals surface area (Å²) < 4.78 is 11.7. The fourth-order valence-corrected chi connectivity index (χ4v) is 3.44. The van der Waals surface area contributed by atoms with E-state index in [0.717, 1.165) is 5.75 Å². The van der Waals surface area contributed by atoms with Crippen molar-refractivity contribution in [2.24, 2.45) is 0 Å². The van der Waals surface area contributed by atoms with Crippen LogP contribution in [0.5, 0.6) is 17.2 Å². The molecule has 0 aromatic heterocycles. The van der Waals surface area contributed by atoms with Crippen LogP contribution in [0, 0.1) is 0 Å². The summed E-state index contributed by atoms with van der Waals surface area (Å²) in [5.74, 6) is 1.83. The zero-order valence-corrected chi connectivity index (χ0v) is 19.4. The van der Waals surface area contributed by atoms with Crippen molar-refractivity contribution in [2.45, 2.75) is 26.4 Å². The van der Waals surface area contributed by atoms with Crippen molar-refractivity contribution >= 4 is 11.6 Å². The van der Waals surface area contributed by atoms with E-state index in [2.05, 4.69) is 0 Å². The third kappa shape index (κ3) is 5.78. The topological polar surface area (TPSA) is 52.6 Å². The van der Waals surface area contributed by atoms with E-state index in [1.54, 1.807) is 72.8 Å². The van der Waals surface area contributed by atoms with Gasteiger partial charge in [-0.25, -0.2) is 0 Å². The number of hydrogen-bond acceptors (Lipinski definition) is 4.